The predicted octanol–water partition coefficient (Wildman–Crippen LogP) is 5.73. The normalized spacial score (nSPS) is 11.5. The SMILES string of the molecule is CCC(Sc1cccc(NC(=O)/C(=C\c2cc(OC)c(OC)c(OC)c2)NC(=O)c2ccccc2)c1)C(=O)Nc1ccccc1C(N)=O. The molecular formula is C36H36N4O7S. The Morgan fingerprint density at radius 2 is 1.48 bits per heavy atom. The van der Waals surface area contributed by atoms with E-state index in [0.717, 1.165) is 0 Å². The van der Waals surface area contributed by atoms with Crippen LogP contribution in [0.5, 0.6) is 17.2 Å². The summed E-state index contributed by atoms with van der Waals surface area (Å²) in [6.07, 6.45) is 1.99. The zero-order valence-electron chi connectivity index (χ0n) is 26.9. The van der Waals surface area contributed by atoms with Crippen LogP contribution in [0.4, 0.5) is 11.4 Å². The lowest BCUT2D eigenvalue weighted by Gasteiger charge is -2.17. The number of rotatable bonds is 14. The molecule has 248 valence electrons. The quantitative estimate of drug-likeness (QED) is 0.0980. The number of para-hydroxylation sites is 1. The second kappa shape index (κ2) is 16.7. The van der Waals surface area contributed by atoms with Crippen molar-refractivity contribution in [1.82, 2.24) is 5.32 Å². The first-order chi connectivity index (χ1) is 23.2. The van der Waals surface area contributed by atoms with E-state index < -0.39 is 23.0 Å². The van der Waals surface area contributed by atoms with Crippen molar-refractivity contribution in [1.29, 1.82) is 0 Å². The summed E-state index contributed by atoms with van der Waals surface area (Å²) in [6, 6.07) is 25.3. The highest BCUT2D eigenvalue weighted by molar-refractivity contribution is 8.00. The van der Waals surface area contributed by atoms with E-state index in [1.807, 2.05) is 13.0 Å². The molecule has 1 unspecified atom stereocenters. The second-order valence-corrected chi connectivity index (χ2v) is 11.5. The van der Waals surface area contributed by atoms with Gasteiger partial charge in [-0.05, 0) is 72.7 Å². The Hall–Kier alpha value is -5.75. The van der Waals surface area contributed by atoms with Gasteiger partial charge < -0.3 is 35.9 Å². The standard InChI is InChI=1S/C36H36N4O7S/c1-5-31(36(44)39-27-17-10-9-16-26(27)33(37)41)48-25-15-11-14-24(21-25)38-35(43)28(40-34(42)23-12-7-6-8-13-23)18-22-19-29(45-2)32(47-4)30(20-22)46-3/h6-21,31H,5H2,1-4H3,(H2,37,41)(H,38,43)(H,39,44)(H,40,42)/b28-18+. The van der Waals surface area contributed by atoms with E-state index in [1.165, 1.54) is 39.2 Å². The monoisotopic (exact) mass is 668 g/mol. The smallest absolute Gasteiger partial charge is 0.272 e. The lowest BCUT2D eigenvalue weighted by Crippen LogP contribution is -2.30. The van der Waals surface area contributed by atoms with Gasteiger partial charge in [0.15, 0.2) is 11.5 Å². The van der Waals surface area contributed by atoms with Gasteiger partial charge in [0.05, 0.1) is 37.8 Å². The van der Waals surface area contributed by atoms with Crippen LogP contribution in [0.2, 0.25) is 0 Å². The molecule has 0 fully saturated rings. The van der Waals surface area contributed by atoms with Crippen LogP contribution in [0.25, 0.3) is 6.08 Å². The lowest BCUT2D eigenvalue weighted by molar-refractivity contribution is -0.116. The summed E-state index contributed by atoms with van der Waals surface area (Å²) < 4.78 is 16.3. The molecule has 0 spiro atoms. The lowest BCUT2D eigenvalue weighted by atomic mass is 10.1. The maximum atomic E-state index is 13.7. The number of nitrogens with two attached hydrogens (primary N) is 1. The maximum absolute atomic E-state index is 13.7. The fraction of sp³-hybridized carbons (Fsp3) is 0.167. The van der Waals surface area contributed by atoms with Gasteiger partial charge in [-0.2, -0.15) is 0 Å². The highest BCUT2D eigenvalue weighted by Gasteiger charge is 2.21. The maximum Gasteiger partial charge on any atom is 0.272 e. The van der Waals surface area contributed by atoms with E-state index in [-0.39, 0.29) is 17.2 Å². The molecule has 48 heavy (non-hydrogen) atoms. The minimum atomic E-state index is -0.645. The molecule has 0 aliphatic carbocycles. The van der Waals surface area contributed by atoms with Crippen molar-refractivity contribution in [2.75, 3.05) is 32.0 Å². The zero-order valence-corrected chi connectivity index (χ0v) is 27.7. The molecule has 0 aromatic heterocycles. The number of thioether (sulfide) groups is 1. The molecular weight excluding hydrogens is 632 g/mol. The van der Waals surface area contributed by atoms with Crippen LogP contribution in [0.1, 0.15) is 39.6 Å². The predicted molar refractivity (Wildman–Crippen MR) is 187 cm³/mol. The average Bonchev–Trinajstić information content (AvgIpc) is 3.10. The van der Waals surface area contributed by atoms with Crippen LogP contribution in [0.3, 0.4) is 0 Å². The number of carbonyl (C=O) groups is 4. The van der Waals surface area contributed by atoms with Crippen molar-refractivity contribution in [3.8, 4) is 17.2 Å². The number of nitrogens with one attached hydrogen (secondary N) is 3. The molecule has 0 heterocycles. The van der Waals surface area contributed by atoms with Crippen LogP contribution >= 0.6 is 11.8 Å². The number of amides is 4. The summed E-state index contributed by atoms with van der Waals surface area (Å²) in [5.41, 5.74) is 7.26. The molecule has 4 aromatic rings. The number of carbonyl (C=O) groups excluding carboxylic acids is 4. The Balaban J connectivity index is 1.58. The molecule has 0 saturated carbocycles. The molecule has 5 N–H and O–H groups in total. The second-order valence-electron chi connectivity index (χ2n) is 10.2. The van der Waals surface area contributed by atoms with Gasteiger partial charge in [-0.1, -0.05) is 43.3 Å². The van der Waals surface area contributed by atoms with Crippen LogP contribution in [-0.4, -0.2) is 50.2 Å². The summed E-state index contributed by atoms with van der Waals surface area (Å²) >= 11 is 1.30. The van der Waals surface area contributed by atoms with Crippen molar-refractivity contribution in [3.05, 3.63) is 113 Å². The minimum Gasteiger partial charge on any atom is -0.493 e. The van der Waals surface area contributed by atoms with Gasteiger partial charge in [0.25, 0.3) is 17.7 Å². The van der Waals surface area contributed by atoms with E-state index in [4.69, 9.17) is 19.9 Å². The molecule has 0 bridgehead atoms. The minimum absolute atomic E-state index is 0.0462. The topological polar surface area (TPSA) is 158 Å². The molecule has 0 saturated heterocycles. The number of methoxy groups -OCH3 is 3. The van der Waals surface area contributed by atoms with Gasteiger partial charge in [-0.3, -0.25) is 19.2 Å². The highest BCUT2D eigenvalue weighted by Crippen LogP contribution is 2.38. The Morgan fingerprint density at radius 1 is 0.812 bits per heavy atom. The molecule has 11 nitrogen and oxygen atoms in total. The summed E-state index contributed by atoms with van der Waals surface area (Å²) in [5, 5.41) is 7.85. The third-order valence-electron chi connectivity index (χ3n) is 7.01. The summed E-state index contributed by atoms with van der Waals surface area (Å²) in [7, 11) is 4.44. The van der Waals surface area contributed by atoms with Crippen molar-refractivity contribution >= 4 is 52.8 Å². The Bertz CT molecular complexity index is 1800. The first kappa shape index (κ1) is 35.1. The summed E-state index contributed by atoms with van der Waals surface area (Å²) in [4.78, 5) is 52.6. The zero-order chi connectivity index (χ0) is 34.6. The third kappa shape index (κ3) is 8.95. The summed E-state index contributed by atoms with van der Waals surface area (Å²) in [5.74, 6) is -0.906. The van der Waals surface area contributed by atoms with Gasteiger partial charge in [0, 0.05) is 16.1 Å². The number of hydrogen-bond donors (Lipinski definition) is 4. The van der Waals surface area contributed by atoms with Crippen LogP contribution in [0.15, 0.2) is 102 Å². The number of benzene rings is 4. The van der Waals surface area contributed by atoms with Crippen LogP contribution < -0.4 is 35.9 Å². The number of anilines is 2. The number of ether oxygens (including phenoxy) is 3. The molecule has 0 radical (unpaired) electrons. The van der Waals surface area contributed by atoms with Gasteiger partial charge in [0.1, 0.15) is 5.70 Å². The highest BCUT2D eigenvalue weighted by atomic mass is 32.2. The van der Waals surface area contributed by atoms with Crippen molar-refractivity contribution in [3.63, 3.8) is 0 Å². The van der Waals surface area contributed by atoms with Crippen LogP contribution in [-0.2, 0) is 9.59 Å². The van der Waals surface area contributed by atoms with Gasteiger partial charge in [-0.25, -0.2) is 0 Å². The molecule has 4 amide bonds. The molecule has 0 aliphatic rings. The van der Waals surface area contributed by atoms with Gasteiger partial charge >= 0.3 is 0 Å². The Labute approximate surface area is 282 Å². The van der Waals surface area contributed by atoms with E-state index >= 15 is 0 Å². The average molecular weight is 669 g/mol. The molecule has 12 heteroatoms. The first-order valence-corrected chi connectivity index (χ1v) is 15.7. The van der Waals surface area contributed by atoms with E-state index in [1.54, 1.807) is 84.9 Å². The Morgan fingerprint density at radius 3 is 2.10 bits per heavy atom. The molecule has 0 aliphatic heterocycles. The summed E-state index contributed by atoms with van der Waals surface area (Å²) in [6.45, 7) is 1.87. The van der Waals surface area contributed by atoms with Crippen molar-refractivity contribution in [2.45, 2.75) is 23.5 Å². The van der Waals surface area contributed by atoms with E-state index in [0.29, 0.717) is 51.1 Å². The fourth-order valence-corrected chi connectivity index (χ4v) is 5.66. The molecule has 4 rings (SSSR count). The number of primary amides is 1. The van der Waals surface area contributed by atoms with E-state index in [2.05, 4.69) is 16.0 Å². The van der Waals surface area contributed by atoms with E-state index in [9.17, 15) is 19.2 Å². The Kier molecular flexibility index (Phi) is 12.2. The largest absolute Gasteiger partial charge is 0.493 e. The molecule has 1 atom stereocenters. The van der Waals surface area contributed by atoms with Crippen LogP contribution in [0, 0.1) is 0 Å². The first-order valence-electron chi connectivity index (χ1n) is 14.8. The fourth-order valence-electron chi connectivity index (χ4n) is 4.65. The van der Waals surface area contributed by atoms with Gasteiger partial charge in [0.2, 0.25) is 11.7 Å². The van der Waals surface area contributed by atoms with Gasteiger partial charge in [-0.15, -0.1) is 11.8 Å². The van der Waals surface area contributed by atoms with Crippen molar-refractivity contribution in [2.24, 2.45) is 5.73 Å². The molecule has 4 aromatic carbocycles. The van der Waals surface area contributed by atoms with Crippen molar-refractivity contribution < 1.29 is 33.4 Å². The third-order valence-corrected chi connectivity index (χ3v) is 8.37. The number of hydrogen-bond acceptors (Lipinski definition) is 8.